The summed E-state index contributed by atoms with van der Waals surface area (Å²) in [7, 11) is 3.78. The Labute approximate surface area is 114 Å². The second-order valence-electron chi connectivity index (χ2n) is 4.28. The molecule has 1 aromatic carbocycles. The van der Waals surface area contributed by atoms with E-state index < -0.39 is 0 Å². The highest BCUT2D eigenvalue weighted by Crippen LogP contribution is 2.22. The third-order valence-corrected chi connectivity index (χ3v) is 4.03. The van der Waals surface area contributed by atoms with Crippen molar-refractivity contribution in [3.8, 4) is 0 Å². The molecule has 1 rings (SSSR count). The molecule has 0 aliphatic heterocycles. The number of nitrogens with zero attached hydrogens (tertiary/aromatic N) is 1. The third kappa shape index (κ3) is 4.35. The quantitative estimate of drug-likeness (QED) is 0.803. The van der Waals surface area contributed by atoms with Gasteiger partial charge in [0, 0.05) is 24.5 Å². The van der Waals surface area contributed by atoms with Crippen LogP contribution in [0.5, 0.6) is 0 Å². The van der Waals surface area contributed by atoms with Gasteiger partial charge in [-0.2, -0.15) is 0 Å². The molecule has 0 saturated heterocycles. The van der Waals surface area contributed by atoms with Gasteiger partial charge in [-0.15, -0.1) is 11.8 Å². The third-order valence-electron chi connectivity index (χ3n) is 3.05. The van der Waals surface area contributed by atoms with Gasteiger partial charge in [-0.25, -0.2) is 0 Å². The molecule has 0 spiro atoms. The zero-order chi connectivity index (χ0) is 13.5. The van der Waals surface area contributed by atoms with Crippen LogP contribution < -0.4 is 5.32 Å². The van der Waals surface area contributed by atoms with E-state index in [-0.39, 0.29) is 5.91 Å². The number of hydrogen-bond donors (Lipinski definition) is 1. The molecule has 0 aliphatic carbocycles. The smallest absolute Gasteiger partial charge is 0.232 e. The summed E-state index contributed by atoms with van der Waals surface area (Å²) in [5, 5.41) is 3.22. The van der Waals surface area contributed by atoms with Crippen molar-refractivity contribution in [2.24, 2.45) is 0 Å². The van der Waals surface area contributed by atoms with E-state index in [9.17, 15) is 4.79 Å². The molecule has 100 valence electrons. The van der Waals surface area contributed by atoms with Crippen molar-refractivity contribution in [3.05, 3.63) is 29.8 Å². The molecular formula is C14H22N2OS. The first-order valence-electron chi connectivity index (χ1n) is 6.22. The standard InChI is InChI=1S/C14H22N2OS/c1-5-16(4)14(17)10-18-13-8-6-7-12(9-13)11(2)15-3/h6-9,11,15H,5,10H2,1-4H3. The van der Waals surface area contributed by atoms with Gasteiger partial charge in [-0.3, -0.25) is 4.79 Å². The summed E-state index contributed by atoms with van der Waals surface area (Å²) in [5.41, 5.74) is 1.25. The molecule has 4 heteroatoms. The molecule has 0 aromatic heterocycles. The van der Waals surface area contributed by atoms with Crippen molar-refractivity contribution in [3.63, 3.8) is 0 Å². The number of carbonyl (C=O) groups is 1. The van der Waals surface area contributed by atoms with Crippen molar-refractivity contribution in [1.82, 2.24) is 10.2 Å². The summed E-state index contributed by atoms with van der Waals surface area (Å²) in [6.07, 6.45) is 0. The Morgan fingerprint density at radius 3 is 2.83 bits per heavy atom. The summed E-state index contributed by atoms with van der Waals surface area (Å²) in [6.45, 7) is 4.87. The zero-order valence-corrected chi connectivity index (χ0v) is 12.4. The summed E-state index contributed by atoms with van der Waals surface area (Å²) in [6, 6.07) is 8.67. The number of thioether (sulfide) groups is 1. The fourth-order valence-electron chi connectivity index (χ4n) is 1.47. The van der Waals surface area contributed by atoms with E-state index in [0.717, 1.165) is 11.4 Å². The monoisotopic (exact) mass is 266 g/mol. The first kappa shape index (κ1) is 15.1. The van der Waals surface area contributed by atoms with Crippen LogP contribution in [0.25, 0.3) is 0 Å². The Morgan fingerprint density at radius 2 is 2.22 bits per heavy atom. The van der Waals surface area contributed by atoms with Gasteiger partial charge in [0.2, 0.25) is 5.91 Å². The van der Waals surface area contributed by atoms with Crippen LogP contribution in [-0.2, 0) is 4.79 Å². The highest BCUT2D eigenvalue weighted by molar-refractivity contribution is 8.00. The van der Waals surface area contributed by atoms with Crippen molar-refractivity contribution in [2.45, 2.75) is 24.8 Å². The Hall–Kier alpha value is -1.00. The van der Waals surface area contributed by atoms with Gasteiger partial charge in [0.15, 0.2) is 0 Å². The molecule has 1 atom stereocenters. The van der Waals surface area contributed by atoms with Gasteiger partial charge in [0.25, 0.3) is 0 Å². The predicted molar refractivity (Wildman–Crippen MR) is 78.0 cm³/mol. The Morgan fingerprint density at radius 1 is 1.50 bits per heavy atom. The van der Waals surface area contributed by atoms with Crippen LogP contribution in [0.3, 0.4) is 0 Å². The minimum atomic E-state index is 0.176. The maximum Gasteiger partial charge on any atom is 0.232 e. The predicted octanol–water partition coefficient (Wildman–Crippen LogP) is 2.54. The highest BCUT2D eigenvalue weighted by Gasteiger charge is 2.08. The van der Waals surface area contributed by atoms with Crippen LogP contribution in [0.4, 0.5) is 0 Å². The van der Waals surface area contributed by atoms with Crippen molar-refractivity contribution < 1.29 is 4.79 Å². The van der Waals surface area contributed by atoms with E-state index in [2.05, 4.69) is 30.4 Å². The highest BCUT2D eigenvalue weighted by atomic mass is 32.2. The topological polar surface area (TPSA) is 32.3 Å². The fraction of sp³-hybridized carbons (Fsp3) is 0.500. The number of nitrogens with one attached hydrogen (secondary N) is 1. The summed E-state index contributed by atoms with van der Waals surface area (Å²) < 4.78 is 0. The van der Waals surface area contributed by atoms with Crippen molar-refractivity contribution >= 4 is 17.7 Å². The average Bonchev–Trinajstić information content (AvgIpc) is 2.43. The van der Waals surface area contributed by atoms with E-state index in [0.29, 0.717) is 11.8 Å². The maximum atomic E-state index is 11.7. The number of hydrogen-bond acceptors (Lipinski definition) is 3. The molecule has 0 fully saturated rings. The maximum absolute atomic E-state index is 11.7. The molecular weight excluding hydrogens is 244 g/mol. The Bertz CT molecular complexity index is 395. The van der Waals surface area contributed by atoms with Crippen molar-refractivity contribution in [2.75, 3.05) is 26.4 Å². The average molecular weight is 266 g/mol. The lowest BCUT2D eigenvalue weighted by molar-refractivity contribution is -0.126. The van der Waals surface area contributed by atoms with E-state index >= 15 is 0 Å². The molecule has 0 aliphatic rings. The van der Waals surface area contributed by atoms with Crippen LogP contribution in [0, 0.1) is 0 Å². The Balaban J connectivity index is 2.60. The molecule has 18 heavy (non-hydrogen) atoms. The lowest BCUT2D eigenvalue weighted by atomic mass is 10.1. The molecule has 3 nitrogen and oxygen atoms in total. The van der Waals surface area contributed by atoms with Crippen LogP contribution in [0.2, 0.25) is 0 Å². The molecule has 1 unspecified atom stereocenters. The van der Waals surface area contributed by atoms with E-state index in [4.69, 9.17) is 0 Å². The second-order valence-corrected chi connectivity index (χ2v) is 5.33. The summed E-state index contributed by atoms with van der Waals surface area (Å²) in [4.78, 5) is 14.6. The normalized spacial score (nSPS) is 12.2. The van der Waals surface area contributed by atoms with Gasteiger partial charge in [0.1, 0.15) is 0 Å². The number of rotatable bonds is 6. The van der Waals surface area contributed by atoms with Gasteiger partial charge >= 0.3 is 0 Å². The lowest BCUT2D eigenvalue weighted by Gasteiger charge is -2.15. The van der Waals surface area contributed by atoms with Gasteiger partial charge < -0.3 is 10.2 Å². The molecule has 0 saturated carbocycles. The lowest BCUT2D eigenvalue weighted by Crippen LogP contribution is -2.27. The number of benzene rings is 1. The van der Waals surface area contributed by atoms with Crippen LogP contribution >= 0.6 is 11.8 Å². The number of carbonyl (C=O) groups excluding carboxylic acids is 1. The molecule has 0 radical (unpaired) electrons. The molecule has 0 heterocycles. The number of amides is 1. The van der Waals surface area contributed by atoms with Gasteiger partial charge in [-0.05, 0) is 38.6 Å². The van der Waals surface area contributed by atoms with E-state index in [1.165, 1.54) is 5.56 Å². The summed E-state index contributed by atoms with van der Waals surface area (Å²) in [5.74, 6) is 0.677. The minimum Gasteiger partial charge on any atom is -0.345 e. The molecule has 1 aromatic rings. The second kappa shape index (κ2) is 7.44. The molecule has 0 bridgehead atoms. The van der Waals surface area contributed by atoms with E-state index in [1.807, 2.05) is 27.1 Å². The van der Waals surface area contributed by atoms with Crippen LogP contribution in [0.15, 0.2) is 29.2 Å². The SMILES string of the molecule is CCN(C)C(=O)CSc1cccc(C(C)NC)c1. The van der Waals surface area contributed by atoms with E-state index in [1.54, 1.807) is 16.7 Å². The van der Waals surface area contributed by atoms with Gasteiger partial charge in [-0.1, -0.05) is 12.1 Å². The van der Waals surface area contributed by atoms with Crippen LogP contribution in [-0.4, -0.2) is 37.2 Å². The largest absolute Gasteiger partial charge is 0.345 e. The van der Waals surface area contributed by atoms with Gasteiger partial charge in [0.05, 0.1) is 5.75 Å². The van der Waals surface area contributed by atoms with Crippen LogP contribution in [0.1, 0.15) is 25.5 Å². The first-order valence-corrected chi connectivity index (χ1v) is 7.21. The molecule has 1 amide bonds. The zero-order valence-electron chi connectivity index (χ0n) is 11.6. The molecule has 1 N–H and O–H groups in total. The fourth-order valence-corrected chi connectivity index (χ4v) is 2.38. The van der Waals surface area contributed by atoms with Crippen molar-refractivity contribution in [1.29, 1.82) is 0 Å². The Kier molecular flexibility index (Phi) is 6.22. The first-order chi connectivity index (χ1) is 8.58. The summed E-state index contributed by atoms with van der Waals surface area (Å²) >= 11 is 1.60. The minimum absolute atomic E-state index is 0.176.